The van der Waals surface area contributed by atoms with Crippen molar-refractivity contribution in [2.45, 2.75) is 13.8 Å². The molecule has 1 aliphatic rings. The molecule has 0 bridgehead atoms. The molecule has 0 spiro atoms. The molecule has 0 unspecified atom stereocenters. The van der Waals surface area contributed by atoms with Crippen molar-refractivity contribution in [2.24, 2.45) is 5.41 Å². The third-order valence-corrected chi connectivity index (χ3v) is 4.42. The molecule has 1 N–H and O–H groups in total. The van der Waals surface area contributed by atoms with Gasteiger partial charge in [-0.05, 0) is 38.1 Å². The normalized spacial score (nSPS) is 14.6. The van der Waals surface area contributed by atoms with Crippen molar-refractivity contribution in [2.75, 3.05) is 38.6 Å². The van der Waals surface area contributed by atoms with Crippen LogP contribution in [0.5, 0.6) is 0 Å². The summed E-state index contributed by atoms with van der Waals surface area (Å²) in [5.74, 6) is -1.19. The van der Waals surface area contributed by atoms with Crippen molar-refractivity contribution in [3.63, 3.8) is 0 Å². The Kier molecular flexibility index (Phi) is 5.97. The number of methoxy groups -OCH3 is 1. The summed E-state index contributed by atoms with van der Waals surface area (Å²) < 4.78 is 4.62. The molecule has 1 saturated heterocycles. The second-order valence-corrected chi connectivity index (χ2v) is 6.58. The van der Waals surface area contributed by atoms with Crippen LogP contribution in [0.3, 0.4) is 0 Å². The van der Waals surface area contributed by atoms with E-state index in [0.29, 0.717) is 37.4 Å². The molecule has 140 valence electrons. The summed E-state index contributed by atoms with van der Waals surface area (Å²) in [6, 6.07) is 6.23. The van der Waals surface area contributed by atoms with E-state index in [9.17, 15) is 19.2 Å². The van der Waals surface area contributed by atoms with Gasteiger partial charge in [-0.15, -0.1) is 0 Å². The van der Waals surface area contributed by atoms with Gasteiger partial charge in [0.05, 0.1) is 12.7 Å². The lowest BCUT2D eigenvalue weighted by Gasteiger charge is -2.36. The standard InChI is InChI=1S/C18H23N3O5/c1-18(2,17(25)21-10-8-20(12-22)9-11-21)16(24)19-14-6-4-13(5-7-14)15(23)26-3/h4-7,12H,8-11H2,1-3H3,(H,19,24). The highest BCUT2D eigenvalue weighted by molar-refractivity contribution is 6.10. The number of carbonyl (C=O) groups is 4. The van der Waals surface area contributed by atoms with E-state index in [1.807, 2.05) is 0 Å². The summed E-state index contributed by atoms with van der Waals surface area (Å²) in [4.78, 5) is 50.7. The fourth-order valence-electron chi connectivity index (χ4n) is 2.62. The molecule has 8 nitrogen and oxygen atoms in total. The number of benzene rings is 1. The van der Waals surface area contributed by atoms with Gasteiger partial charge in [-0.3, -0.25) is 14.4 Å². The van der Waals surface area contributed by atoms with Gasteiger partial charge in [0.15, 0.2) is 0 Å². The number of nitrogens with zero attached hydrogens (tertiary/aromatic N) is 2. The maximum Gasteiger partial charge on any atom is 0.337 e. The summed E-state index contributed by atoms with van der Waals surface area (Å²) in [5, 5.41) is 2.70. The predicted molar refractivity (Wildman–Crippen MR) is 94.4 cm³/mol. The van der Waals surface area contributed by atoms with Gasteiger partial charge in [0.2, 0.25) is 18.2 Å². The van der Waals surface area contributed by atoms with E-state index in [0.717, 1.165) is 6.41 Å². The van der Waals surface area contributed by atoms with Gasteiger partial charge >= 0.3 is 5.97 Å². The lowest BCUT2D eigenvalue weighted by atomic mass is 9.89. The molecule has 0 aromatic heterocycles. The zero-order valence-electron chi connectivity index (χ0n) is 15.2. The largest absolute Gasteiger partial charge is 0.465 e. The number of rotatable bonds is 5. The van der Waals surface area contributed by atoms with Crippen molar-refractivity contribution in [3.05, 3.63) is 29.8 Å². The molecule has 1 heterocycles. The Morgan fingerprint density at radius 2 is 1.65 bits per heavy atom. The fraction of sp³-hybridized carbons (Fsp3) is 0.444. The van der Waals surface area contributed by atoms with E-state index >= 15 is 0 Å². The number of ether oxygens (including phenoxy) is 1. The Labute approximate surface area is 152 Å². The van der Waals surface area contributed by atoms with Crippen LogP contribution in [0.25, 0.3) is 0 Å². The monoisotopic (exact) mass is 361 g/mol. The number of hydrogen-bond donors (Lipinski definition) is 1. The number of hydrogen-bond acceptors (Lipinski definition) is 5. The third kappa shape index (κ3) is 4.19. The SMILES string of the molecule is COC(=O)c1ccc(NC(=O)C(C)(C)C(=O)N2CCN(C=O)CC2)cc1. The van der Waals surface area contributed by atoms with Crippen molar-refractivity contribution >= 4 is 29.9 Å². The molecular weight excluding hydrogens is 338 g/mol. The van der Waals surface area contributed by atoms with Crippen LogP contribution in [0.15, 0.2) is 24.3 Å². The van der Waals surface area contributed by atoms with Crippen LogP contribution in [0.4, 0.5) is 5.69 Å². The van der Waals surface area contributed by atoms with E-state index in [2.05, 4.69) is 10.1 Å². The highest BCUT2D eigenvalue weighted by Gasteiger charge is 2.40. The first-order chi connectivity index (χ1) is 12.3. The van der Waals surface area contributed by atoms with Crippen LogP contribution in [0.2, 0.25) is 0 Å². The number of amides is 3. The quantitative estimate of drug-likeness (QED) is 0.474. The average Bonchev–Trinajstić information content (AvgIpc) is 2.67. The van der Waals surface area contributed by atoms with Crippen molar-refractivity contribution < 1.29 is 23.9 Å². The van der Waals surface area contributed by atoms with Crippen LogP contribution in [0.1, 0.15) is 24.2 Å². The van der Waals surface area contributed by atoms with Crippen molar-refractivity contribution in [1.82, 2.24) is 9.80 Å². The molecule has 2 rings (SSSR count). The summed E-state index contributed by atoms with van der Waals surface area (Å²) in [6.07, 6.45) is 0.762. The summed E-state index contributed by atoms with van der Waals surface area (Å²) in [7, 11) is 1.29. The number of carbonyl (C=O) groups excluding carboxylic acids is 4. The van der Waals surface area contributed by atoms with Gasteiger partial charge in [0.25, 0.3) is 0 Å². The van der Waals surface area contributed by atoms with E-state index in [1.54, 1.807) is 35.8 Å². The summed E-state index contributed by atoms with van der Waals surface area (Å²) in [6.45, 7) is 4.87. The molecule has 1 aromatic carbocycles. The fourth-order valence-corrected chi connectivity index (χ4v) is 2.62. The minimum absolute atomic E-state index is 0.285. The molecule has 1 aliphatic heterocycles. The first-order valence-electron chi connectivity index (χ1n) is 8.28. The highest BCUT2D eigenvalue weighted by Crippen LogP contribution is 2.23. The van der Waals surface area contributed by atoms with Gasteiger partial charge in [0.1, 0.15) is 5.41 Å². The van der Waals surface area contributed by atoms with E-state index < -0.39 is 17.3 Å². The molecule has 26 heavy (non-hydrogen) atoms. The van der Waals surface area contributed by atoms with Crippen LogP contribution < -0.4 is 5.32 Å². The minimum Gasteiger partial charge on any atom is -0.465 e. The number of nitrogens with one attached hydrogen (secondary N) is 1. The second-order valence-electron chi connectivity index (χ2n) is 6.58. The molecule has 0 radical (unpaired) electrons. The smallest absolute Gasteiger partial charge is 0.337 e. The predicted octanol–water partition coefficient (Wildman–Crippen LogP) is 0.738. The maximum absolute atomic E-state index is 12.7. The van der Waals surface area contributed by atoms with Gasteiger partial charge in [-0.25, -0.2) is 4.79 Å². The molecule has 3 amide bonds. The van der Waals surface area contributed by atoms with E-state index in [4.69, 9.17) is 0 Å². The summed E-state index contributed by atoms with van der Waals surface area (Å²) >= 11 is 0. The Balaban J connectivity index is 2.01. The van der Waals surface area contributed by atoms with Gasteiger partial charge in [-0.2, -0.15) is 0 Å². The average molecular weight is 361 g/mol. The van der Waals surface area contributed by atoms with E-state index in [1.165, 1.54) is 19.2 Å². The van der Waals surface area contributed by atoms with Gasteiger partial charge in [0, 0.05) is 31.9 Å². The van der Waals surface area contributed by atoms with Crippen LogP contribution in [-0.2, 0) is 19.1 Å². The zero-order valence-corrected chi connectivity index (χ0v) is 15.2. The lowest BCUT2D eigenvalue weighted by molar-refractivity contribution is -0.148. The molecule has 8 heteroatoms. The highest BCUT2D eigenvalue weighted by atomic mass is 16.5. The Bertz CT molecular complexity index is 691. The van der Waals surface area contributed by atoms with Crippen molar-refractivity contribution in [3.8, 4) is 0 Å². The minimum atomic E-state index is -1.26. The first-order valence-corrected chi connectivity index (χ1v) is 8.28. The molecule has 1 aromatic rings. The number of anilines is 1. The van der Waals surface area contributed by atoms with Crippen LogP contribution in [-0.4, -0.2) is 67.3 Å². The van der Waals surface area contributed by atoms with Crippen LogP contribution in [0, 0.1) is 5.41 Å². The zero-order chi connectivity index (χ0) is 19.3. The second kappa shape index (κ2) is 7.99. The number of piperazine rings is 1. The lowest BCUT2D eigenvalue weighted by Crippen LogP contribution is -2.54. The molecule has 0 atom stereocenters. The summed E-state index contributed by atoms with van der Waals surface area (Å²) in [5.41, 5.74) is -0.409. The Morgan fingerprint density at radius 1 is 1.08 bits per heavy atom. The molecule has 0 aliphatic carbocycles. The third-order valence-electron chi connectivity index (χ3n) is 4.42. The van der Waals surface area contributed by atoms with Crippen LogP contribution >= 0.6 is 0 Å². The van der Waals surface area contributed by atoms with Crippen molar-refractivity contribution in [1.29, 1.82) is 0 Å². The van der Waals surface area contributed by atoms with Gasteiger partial charge in [-0.1, -0.05) is 0 Å². The maximum atomic E-state index is 12.7. The van der Waals surface area contributed by atoms with Gasteiger partial charge < -0.3 is 19.9 Å². The molecule has 0 saturated carbocycles. The van der Waals surface area contributed by atoms with E-state index in [-0.39, 0.29) is 5.91 Å². The molecular formula is C18H23N3O5. The Hall–Kier alpha value is -2.90. The first kappa shape index (κ1) is 19.4. The molecule has 1 fully saturated rings. The Morgan fingerprint density at radius 3 is 2.15 bits per heavy atom. The topological polar surface area (TPSA) is 96.0 Å². The number of esters is 1.